The second kappa shape index (κ2) is 12.7. The quantitative estimate of drug-likeness (QED) is 0.322. The van der Waals surface area contributed by atoms with Crippen molar-refractivity contribution >= 4 is 5.96 Å². The molecule has 0 aliphatic heterocycles. The van der Waals surface area contributed by atoms with Gasteiger partial charge in [0.15, 0.2) is 5.96 Å². The van der Waals surface area contributed by atoms with Crippen molar-refractivity contribution < 1.29 is 9.47 Å². The lowest BCUT2D eigenvalue weighted by Gasteiger charge is -2.22. The Balaban J connectivity index is 2.12. The average Bonchev–Trinajstić information content (AvgIpc) is 3.33. The second-order valence-electron chi connectivity index (χ2n) is 5.99. The Morgan fingerprint density at radius 3 is 2.59 bits per heavy atom. The Hall–Kier alpha value is -0.810. The van der Waals surface area contributed by atoms with Crippen LogP contribution < -0.4 is 5.32 Å². The Morgan fingerprint density at radius 2 is 1.91 bits per heavy atom. The van der Waals surface area contributed by atoms with Crippen molar-refractivity contribution in [3.8, 4) is 0 Å². The average molecular weight is 313 g/mol. The first-order valence-electron chi connectivity index (χ1n) is 8.92. The maximum atomic E-state index is 5.69. The van der Waals surface area contributed by atoms with E-state index in [1.165, 1.54) is 19.3 Å². The molecule has 0 saturated heterocycles. The minimum Gasteiger partial charge on any atom is -0.381 e. The summed E-state index contributed by atoms with van der Waals surface area (Å²) in [5.41, 5.74) is 0. The van der Waals surface area contributed by atoms with Gasteiger partial charge < -0.3 is 19.7 Å². The summed E-state index contributed by atoms with van der Waals surface area (Å²) in [5, 5.41) is 3.34. The van der Waals surface area contributed by atoms with Gasteiger partial charge in [-0.1, -0.05) is 13.3 Å². The van der Waals surface area contributed by atoms with E-state index in [2.05, 4.69) is 36.1 Å². The van der Waals surface area contributed by atoms with E-state index in [4.69, 9.17) is 9.47 Å². The minimum absolute atomic E-state index is 0.775. The number of likely N-dealkylation sites (N-methyl/N-ethyl adjacent to an activating group) is 1. The maximum absolute atomic E-state index is 5.69. The number of guanidine groups is 1. The Bertz CT molecular complexity index is 294. The van der Waals surface area contributed by atoms with Crippen LogP contribution >= 0.6 is 0 Å². The third-order valence-electron chi connectivity index (χ3n) is 3.67. The molecule has 1 saturated carbocycles. The van der Waals surface area contributed by atoms with Gasteiger partial charge in [-0.2, -0.15) is 0 Å². The SMILES string of the molecule is CCCCOCCCN=C(NCC)N(C)CCOCC1CC1. The van der Waals surface area contributed by atoms with E-state index in [1.807, 2.05) is 0 Å². The van der Waals surface area contributed by atoms with Crippen LogP contribution in [0.1, 0.15) is 46.0 Å². The van der Waals surface area contributed by atoms with E-state index < -0.39 is 0 Å². The molecule has 5 heteroatoms. The summed E-state index contributed by atoms with van der Waals surface area (Å²) in [5.74, 6) is 1.80. The molecule has 0 spiro atoms. The van der Waals surface area contributed by atoms with E-state index in [9.17, 15) is 0 Å². The number of ether oxygens (including phenoxy) is 2. The second-order valence-corrected chi connectivity index (χ2v) is 5.99. The molecule has 1 aliphatic rings. The molecule has 1 aliphatic carbocycles. The molecular weight excluding hydrogens is 278 g/mol. The van der Waals surface area contributed by atoms with Gasteiger partial charge in [0.2, 0.25) is 0 Å². The first-order chi connectivity index (χ1) is 10.8. The van der Waals surface area contributed by atoms with Crippen LogP contribution in [0.25, 0.3) is 0 Å². The third-order valence-corrected chi connectivity index (χ3v) is 3.67. The zero-order valence-electron chi connectivity index (χ0n) is 14.8. The molecule has 0 aromatic carbocycles. The van der Waals surface area contributed by atoms with Gasteiger partial charge in [0.1, 0.15) is 0 Å². The van der Waals surface area contributed by atoms with Crippen molar-refractivity contribution in [2.45, 2.75) is 46.0 Å². The molecule has 130 valence electrons. The number of nitrogens with zero attached hydrogens (tertiary/aromatic N) is 2. The van der Waals surface area contributed by atoms with Gasteiger partial charge in [0.05, 0.1) is 6.61 Å². The molecular formula is C17H35N3O2. The smallest absolute Gasteiger partial charge is 0.193 e. The highest BCUT2D eigenvalue weighted by molar-refractivity contribution is 5.79. The van der Waals surface area contributed by atoms with Crippen LogP contribution in [0.2, 0.25) is 0 Å². The molecule has 1 rings (SSSR count). The standard InChI is InChI=1S/C17H35N3O2/c1-4-6-12-21-13-7-10-19-17(18-5-2)20(3)11-14-22-15-16-8-9-16/h16H,4-15H2,1-3H3,(H,18,19). The minimum atomic E-state index is 0.775. The van der Waals surface area contributed by atoms with Crippen molar-refractivity contribution in [1.82, 2.24) is 10.2 Å². The monoisotopic (exact) mass is 313 g/mol. The fourth-order valence-corrected chi connectivity index (χ4v) is 2.01. The van der Waals surface area contributed by atoms with Gasteiger partial charge in [0.25, 0.3) is 0 Å². The van der Waals surface area contributed by atoms with Crippen LogP contribution in [0.4, 0.5) is 0 Å². The van der Waals surface area contributed by atoms with E-state index in [0.717, 1.165) is 70.8 Å². The van der Waals surface area contributed by atoms with E-state index >= 15 is 0 Å². The normalized spacial score (nSPS) is 15.1. The van der Waals surface area contributed by atoms with Gasteiger partial charge in [-0.25, -0.2) is 0 Å². The maximum Gasteiger partial charge on any atom is 0.193 e. The van der Waals surface area contributed by atoms with Crippen LogP contribution in [0.5, 0.6) is 0 Å². The predicted octanol–water partition coefficient (Wildman–Crippen LogP) is 2.52. The van der Waals surface area contributed by atoms with Crippen molar-refractivity contribution in [1.29, 1.82) is 0 Å². The van der Waals surface area contributed by atoms with Crippen LogP contribution in [-0.4, -0.2) is 64.0 Å². The molecule has 0 atom stereocenters. The van der Waals surface area contributed by atoms with Crippen molar-refractivity contribution in [2.75, 3.05) is 53.1 Å². The fourth-order valence-electron chi connectivity index (χ4n) is 2.01. The van der Waals surface area contributed by atoms with Gasteiger partial charge in [0, 0.05) is 46.5 Å². The molecule has 5 nitrogen and oxygen atoms in total. The number of nitrogens with one attached hydrogen (secondary N) is 1. The summed E-state index contributed by atoms with van der Waals surface area (Å²) < 4.78 is 11.3. The summed E-state index contributed by atoms with van der Waals surface area (Å²) in [6, 6.07) is 0. The lowest BCUT2D eigenvalue weighted by atomic mass is 10.4. The number of hydrogen-bond donors (Lipinski definition) is 1. The zero-order chi connectivity index (χ0) is 16.0. The summed E-state index contributed by atoms with van der Waals surface area (Å²) in [4.78, 5) is 6.80. The number of rotatable bonds is 13. The molecule has 0 aromatic rings. The Labute approximate surface area is 136 Å². The molecule has 0 heterocycles. The van der Waals surface area contributed by atoms with Crippen LogP contribution in [-0.2, 0) is 9.47 Å². The van der Waals surface area contributed by atoms with Gasteiger partial charge in [-0.05, 0) is 38.5 Å². The molecule has 1 fully saturated rings. The van der Waals surface area contributed by atoms with Crippen molar-refractivity contribution in [2.24, 2.45) is 10.9 Å². The van der Waals surface area contributed by atoms with Crippen LogP contribution in [0.15, 0.2) is 4.99 Å². The number of unbranched alkanes of at least 4 members (excludes halogenated alkanes) is 1. The van der Waals surface area contributed by atoms with E-state index in [0.29, 0.717) is 0 Å². The molecule has 0 radical (unpaired) electrons. The molecule has 0 aromatic heterocycles. The lowest BCUT2D eigenvalue weighted by Crippen LogP contribution is -2.40. The van der Waals surface area contributed by atoms with Gasteiger partial charge in [-0.15, -0.1) is 0 Å². The van der Waals surface area contributed by atoms with Gasteiger partial charge in [-0.3, -0.25) is 4.99 Å². The highest BCUT2D eigenvalue weighted by atomic mass is 16.5. The zero-order valence-corrected chi connectivity index (χ0v) is 14.8. The summed E-state index contributed by atoms with van der Waals surface area (Å²) in [6.45, 7) is 10.2. The summed E-state index contributed by atoms with van der Waals surface area (Å²) in [6.07, 6.45) is 6.01. The van der Waals surface area contributed by atoms with Crippen molar-refractivity contribution in [3.05, 3.63) is 0 Å². The summed E-state index contributed by atoms with van der Waals surface area (Å²) >= 11 is 0. The highest BCUT2D eigenvalue weighted by Crippen LogP contribution is 2.28. The van der Waals surface area contributed by atoms with Crippen molar-refractivity contribution in [3.63, 3.8) is 0 Å². The van der Waals surface area contributed by atoms with Crippen LogP contribution in [0, 0.1) is 5.92 Å². The lowest BCUT2D eigenvalue weighted by molar-refractivity contribution is 0.115. The first kappa shape index (κ1) is 19.2. The Morgan fingerprint density at radius 1 is 1.14 bits per heavy atom. The van der Waals surface area contributed by atoms with Crippen LogP contribution in [0.3, 0.4) is 0 Å². The highest BCUT2D eigenvalue weighted by Gasteiger charge is 2.21. The van der Waals surface area contributed by atoms with E-state index in [1.54, 1.807) is 0 Å². The number of aliphatic imine (C=N–C) groups is 1. The Kier molecular flexibility index (Phi) is 11.1. The predicted molar refractivity (Wildman–Crippen MR) is 92.5 cm³/mol. The fraction of sp³-hybridized carbons (Fsp3) is 0.941. The molecule has 0 unspecified atom stereocenters. The largest absolute Gasteiger partial charge is 0.381 e. The molecule has 0 amide bonds. The topological polar surface area (TPSA) is 46.1 Å². The van der Waals surface area contributed by atoms with Gasteiger partial charge >= 0.3 is 0 Å². The molecule has 1 N–H and O–H groups in total. The first-order valence-corrected chi connectivity index (χ1v) is 8.92. The number of hydrogen-bond acceptors (Lipinski definition) is 3. The summed E-state index contributed by atoms with van der Waals surface area (Å²) in [7, 11) is 2.07. The molecule has 22 heavy (non-hydrogen) atoms. The molecule has 0 bridgehead atoms. The van der Waals surface area contributed by atoms with E-state index in [-0.39, 0.29) is 0 Å². The third kappa shape index (κ3) is 10.0.